The van der Waals surface area contributed by atoms with E-state index in [0.717, 1.165) is 41.6 Å². The number of amides is 1. The summed E-state index contributed by atoms with van der Waals surface area (Å²) in [6.07, 6.45) is 1.80. The van der Waals surface area contributed by atoms with E-state index in [4.69, 9.17) is 4.52 Å². The Morgan fingerprint density at radius 2 is 1.81 bits per heavy atom. The molecule has 27 heavy (non-hydrogen) atoms. The lowest BCUT2D eigenvalue weighted by Gasteiger charge is -2.35. The maximum Gasteiger partial charge on any atom is 0.255 e. The monoisotopic (exact) mass is 365 g/mol. The summed E-state index contributed by atoms with van der Waals surface area (Å²) in [6.45, 7) is 8.72. The summed E-state index contributed by atoms with van der Waals surface area (Å²) >= 11 is 0. The van der Waals surface area contributed by atoms with E-state index in [2.05, 4.69) is 15.0 Å². The van der Waals surface area contributed by atoms with Gasteiger partial charge in [-0.2, -0.15) is 0 Å². The Kier molecular flexibility index (Phi) is 4.43. The second kappa shape index (κ2) is 6.90. The molecule has 140 valence electrons. The van der Waals surface area contributed by atoms with Crippen molar-refractivity contribution in [2.45, 2.75) is 20.8 Å². The Morgan fingerprint density at radius 3 is 2.44 bits per heavy atom. The number of pyridine rings is 1. The van der Waals surface area contributed by atoms with Gasteiger partial charge in [0.05, 0.1) is 5.56 Å². The van der Waals surface area contributed by atoms with E-state index in [9.17, 15) is 4.79 Å². The second-order valence-electron chi connectivity index (χ2n) is 6.88. The van der Waals surface area contributed by atoms with Crippen molar-refractivity contribution in [3.05, 3.63) is 59.2 Å². The minimum atomic E-state index is 0.0650. The fourth-order valence-corrected chi connectivity index (χ4v) is 3.64. The molecule has 0 N–H and O–H groups in total. The van der Waals surface area contributed by atoms with Crippen LogP contribution in [0.4, 0.5) is 5.82 Å². The summed E-state index contributed by atoms with van der Waals surface area (Å²) in [4.78, 5) is 21.6. The highest BCUT2D eigenvalue weighted by molar-refractivity contribution is 5.96. The average Bonchev–Trinajstić information content (AvgIpc) is 3.24. The van der Waals surface area contributed by atoms with Crippen molar-refractivity contribution in [1.82, 2.24) is 19.6 Å². The summed E-state index contributed by atoms with van der Waals surface area (Å²) in [5.74, 6) is 2.48. The molecule has 0 saturated carbocycles. The van der Waals surface area contributed by atoms with Crippen LogP contribution in [0.5, 0.6) is 0 Å². The molecule has 4 heterocycles. The molecule has 3 aromatic heterocycles. The smallest absolute Gasteiger partial charge is 0.255 e. The number of nitrogens with zero attached hydrogens (tertiary/aromatic N) is 5. The highest BCUT2D eigenvalue weighted by atomic mass is 16.5. The number of carbonyl (C=O) groups excluding carboxylic acids is 1. The van der Waals surface area contributed by atoms with Gasteiger partial charge < -0.3 is 14.3 Å². The molecular weight excluding hydrogens is 342 g/mol. The van der Waals surface area contributed by atoms with E-state index < -0.39 is 0 Å². The number of hydrogen-bond acceptors (Lipinski definition) is 5. The quantitative estimate of drug-likeness (QED) is 0.714. The van der Waals surface area contributed by atoms with Crippen LogP contribution >= 0.6 is 0 Å². The molecule has 1 fully saturated rings. The highest BCUT2D eigenvalue weighted by Crippen LogP contribution is 2.23. The van der Waals surface area contributed by atoms with Gasteiger partial charge in [0.15, 0.2) is 5.82 Å². The van der Waals surface area contributed by atoms with Gasteiger partial charge in [0.2, 0.25) is 0 Å². The van der Waals surface area contributed by atoms with Gasteiger partial charge in [0.1, 0.15) is 11.6 Å². The van der Waals surface area contributed by atoms with Crippen LogP contribution in [0, 0.1) is 20.8 Å². The third-order valence-electron chi connectivity index (χ3n) is 5.05. The Balaban J connectivity index is 1.51. The van der Waals surface area contributed by atoms with Crippen molar-refractivity contribution in [2.75, 3.05) is 31.1 Å². The Morgan fingerprint density at radius 1 is 1.04 bits per heavy atom. The van der Waals surface area contributed by atoms with Crippen LogP contribution in [0.15, 0.2) is 41.1 Å². The van der Waals surface area contributed by atoms with Gasteiger partial charge in [0, 0.05) is 49.8 Å². The van der Waals surface area contributed by atoms with Gasteiger partial charge in [-0.3, -0.25) is 9.36 Å². The van der Waals surface area contributed by atoms with Crippen LogP contribution in [-0.2, 0) is 0 Å². The average molecular weight is 365 g/mol. The summed E-state index contributed by atoms with van der Waals surface area (Å²) < 4.78 is 7.16. The van der Waals surface area contributed by atoms with Crippen LogP contribution in [0.25, 0.3) is 5.82 Å². The molecule has 1 saturated heterocycles. The normalized spacial score (nSPS) is 14.6. The fourth-order valence-electron chi connectivity index (χ4n) is 3.64. The van der Waals surface area contributed by atoms with Gasteiger partial charge in [-0.15, -0.1) is 0 Å². The van der Waals surface area contributed by atoms with E-state index in [-0.39, 0.29) is 5.91 Å². The standard InChI is InChI=1S/C20H23N5O2/c1-14-12-17(16(3)25(14)19-13-15(2)27-22-19)20(26)24-10-8-23(9-11-24)18-6-4-5-7-21-18/h4-7,12-13H,8-11H2,1-3H3. The SMILES string of the molecule is Cc1cc(-n2c(C)cc(C(=O)N3CCN(c4ccccn4)CC3)c2C)no1. The zero-order valence-corrected chi connectivity index (χ0v) is 15.8. The molecule has 0 aromatic carbocycles. The number of rotatable bonds is 3. The first kappa shape index (κ1) is 17.3. The van der Waals surface area contributed by atoms with Crippen molar-refractivity contribution in [1.29, 1.82) is 0 Å². The molecule has 0 unspecified atom stereocenters. The van der Waals surface area contributed by atoms with Crippen LogP contribution in [-0.4, -0.2) is 51.7 Å². The maximum absolute atomic E-state index is 13.1. The summed E-state index contributed by atoms with van der Waals surface area (Å²) in [5.41, 5.74) is 2.58. The van der Waals surface area contributed by atoms with E-state index in [1.54, 1.807) is 6.20 Å². The third-order valence-corrected chi connectivity index (χ3v) is 5.05. The molecule has 1 aliphatic heterocycles. The maximum atomic E-state index is 13.1. The van der Waals surface area contributed by atoms with Crippen molar-refractivity contribution in [3.63, 3.8) is 0 Å². The summed E-state index contributed by atoms with van der Waals surface area (Å²) in [5, 5.41) is 4.09. The van der Waals surface area contributed by atoms with Gasteiger partial charge in [-0.05, 0) is 39.0 Å². The zero-order valence-electron chi connectivity index (χ0n) is 15.8. The fraction of sp³-hybridized carbons (Fsp3) is 0.350. The summed E-state index contributed by atoms with van der Waals surface area (Å²) in [7, 11) is 0. The van der Waals surface area contributed by atoms with Crippen molar-refractivity contribution >= 4 is 11.7 Å². The zero-order chi connectivity index (χ0) is 19.0. The molecular formula is C20H23N5O2. The highest BCUT2D eigenvalue weighted by Gasteiger charge is 2.26. The van der Waals surface area contributed by atoms with Gasteiger partial charge >= 0.3 is 0 Å². The second-order valence-corrected chi connectivity index (χ2v) is 6.88. The Labute approximate surface area is 158 Å². The lowest BCUT2D eigenvalue weighted by molar-refractivity contribution is 0.0746. The first-order valence-electron chi connectivity index (χ1n) is 9.12. The summed E-state index contributed by atoms with van der Waals surface area (Å²) in [6, 6.07) is 9.72. The lowest BCUT2D eigenvalue weighted by atomic mass is 10.2. The molecule has 4 rings (SSSR count). The predicted molar refractivity (Wildman–Crippen MR) is 102 cm³/mol. The van der Waals surface area contributed by atoms with Gasteiger partial charge in [0.25, 0.3) is 5.91 Å². The molecule has 1 amide bonds. The van der Waals surface area contributed by atoms with Crippen LogP contribution in [0.2, 0.25) is 0 Å². The number of aromatic nitrogens is 3. The van der Waals surface area contributed by atoms with E-state index in [1.165, 1.54) is 0 Å². The number of anilines is 1. The number of aryl methyl sites for hydroxylation is 2. The molecule has 7 heteroatoms. The Hall–Kier alpha value is -3.09. The number of carbonyl (C=O) groups is 1. The minimum absolute atomic E-state index is 0.0650. The van der Waals surface area contributed by atoms with E-state index in [0.29, 0.717) is 18.9 Å². The van der Waals surface area contributed by atoms with Gasteiger partial charge in [-0.25, -0.2) is 4.98 Å². The van der Waals surface area contributed by atoms with Crippen LogP contribution in [0.3, 0.4) is 0 Å². The topological polar surface area (TPSA) is 67.4 Å². The van der Waals surface area contributed by atoms with Crippen LogP contribution < -0.4 is 4.90 Å². The number of hydrogen-bond donors (Lipinski definition) is 0. The van der Waals surface area contributed by atoms with Crippen molar-refractivity contribution in [3.8, 4) is 5.82 Å². The minimum Gasteiger partial charge on any atom is -0.360 e. The first-order valence-corrected chi connectivity index (χ1v) is 9.12. The molecule has 0 spiro atoms. The molecule has 7 nitrogen and oxygen atoms in total. The molecule has 0 atom stereocenters. The molecule has 0 aliphatic carbocycles. The molecule has 0 radical (unpaired) electrons. The largest absolute Gasteiger partial charge is 0.360 e. The molecule has 0 bridgehead atoms. The lowest BCUT2D eigenvalue weighted by Crippen LogP contribution is -2.49. The van der Waals surface area contributed by atoms with Crippen LogP contribution in [0.1, 0.15) is 27.5 Å². The predicted octanol–water partition coefficient (Wildman–Crippen LogP) is 2.75. The number of piperazine rings is 1. The molecule has 3 aromatic rings. The Bertz CT molecular complexity index is 952. The molecule has 1 aliphatic rings. The van der Waals surface area contributed by atoms with Crippen molar-refractivity contribution < 1.29 is 9.32 Å². The van der Waals surface area contributed by atoms with Gasteiger partial charge in [-0.1, -0.05) is 11.2 Å². The van der Waals surface area contributed by atoms with Crippen molar-refractivity contribution in [2.24, 2.45) is 0 Å². The third kappa shape index (κ3) is 3.20. The first-order chi connectivity index (χ1) is 13.0. The van der Waals surface area contributed by atoms with E-state index in [1.807, 2.05) is 60.6 Å². The van der Waals surface area contributed by atoms with E-state index >= 15 is 0 Å².